The number of benzene rings is 2. The maximum absolute atomic E-state index is 9.68. The maximum atomic E-state index is 9.68. The summed E-state index contributed by atoms with van der Waals surface area (Å²) in [6, 6.07) is 15.2. The molecule has 0 bridgehead atoms. The molecule has 4 N–H and O–H groups in total. The van der Waals surface area contributed by atoms with Crippen molar-refractivity contribution in [2.45, 2.75) is 52.3 Å². The summed E-state index contributed by atoms with van der Waals surface area (Å²) in [5.74, 6) is 0.852. The van der Waals surface area contributed by atoms with Gasteiger partial charge in [-0.1, -0.05) is 36.4 Å². The second-order valence-electron chi connectivity index (χ2n) is 9.01. The predicted octanol–water partition coefficient (Wildman–Crippen LogP) is 3.73. The molecule has 1 fully saturated rings. The molecular weight excluding hydrogens is 410 g/mol. The molecule has 2 heterocycles. The van der Waals surface area contributed by atoms with Gasteiger partial charge in [-0.3, -0.25) is 4.90 Å². The maximum Gasteiger partial charge on any atom is 0.191 e. The van der Waals surface area contributed by atoms with Crippen molar-refractivity contribution in [2.75, 3.05) is 26.2 Å². The van der Waals surface area contributed by atoms with E-state index in [-0.39, 0.29) is 6.10 Å². The highest BCUT2D eigenvalue weighted by atomic mass is 16.3. The van der Waals surface area contributed by atoms with Crippen LogP contribution in [0.5, 0.6) is 0 Å². The zero-order valence-corrected chi connectivity index (χ0v) is 19.9. The molecule has 1 saturated heterocycles. The molecule has 0 amide bonds. The fourth-order valence-corrected chi connectivity index (χ4v) is 4.56. The molecule has 3 aromatic rings. The Kier molecular flexibility index (Phi) is 8.02. The third-order valence-corrected chi connectivity index (χ3v) is 6.43. The van der Waals surface area contributed by atoms with Crippen LogP contribution in [0, 0.1) is 6.92 Å². The first-order chi connectivity index (χ1) is 16.1. The second-order valence-corrected chi connectivity index (χ2v) is 9.01. The minimum absolute atomic E-state index is 0.118. The fraction of sp³-hybridized carbons (Fsp3) is 0.444. The van der Waals surface area contributed by atoms with Crippen LogP contribution in [0.1, 0.15) is 42.0 Å². The molecule has 0 saturated carbocycles. The van der Waals surface area contributed by atoms with Crippen molar-refractivity contribution in [3.8, 4) is 0 Å². The quantitative estimate of drug-likeness (QED) is 0.314. The standard InChI is InChI=1S/C27H37N5O/c1-3-28-27(29-14-11-23-18-30-25-6-4-5-20(2)26(23)25)31-17-21-7-9-22(10-8-21)19-32-15-12-24(33)13-16-32/h4-10,18,24,30,33H,3,11-17,19H2,1-2H3,(H2,28,29,31). The van der Waals surface area contributed by atoms with Crippen LogP contribution >= 0.6 is 0 Å². The Bertz CT molecular complexity index is 1050. The molecule has 2 aromatic carbocycles. The normalized spacial score (nSPS) is 15.8. The van der Waals surface area contributed by atoms with Crippen LogP contribution in [0.4, 0.5) is 0 Å². The minimum atomic E-state index is -0.118. The van der Waals surface area contributed by atoms with Crippen LogP contribution in [-0.4, -0.2) is 53.2 Å². The first kappa shape index (κ1) is 23.3. The molecule has 0 aliphatic carbocycles. The lowest BCUT2D eigenvalue weighted by Gasteiger charge is -2.29. The zero-order chi connectivity index (χ0) is 23.0. The molecule has 0 unspecified atom stereocenters. The van der Waals surface area contributed by atoms with Crippen molar-refractivity contribution in [1.82, 2.24) is 20.5 Å². The number of fused-ring (bicyclic) bond motifs is 1. The van der Waals surface area contributed by atoms with E-state index >= 15 is 0 Å². The van der Waals surface area contributed by atoms with Gasteiger partial charge in [0.25, 0.3) is 0 Å². The SMILES string of the molecule is CCNC(=NCc1ccc(CN2CCC(O)CC2)cc1)NCCc1c[nH]c2cccc(C)c12. The van der Waals surface area contributed by atoms with E-state index < -0.39 is 0 Å². The van der Waals surface area contributed by atoms with E-state index in [1.54, 1.807) is 0 Å². The van der Waals surface area contributed by atoms with Crippen LogP contribution in [0.2, 0.25) is 0 Å². The van der Waals surface area contributed by atoms with E-state index in [0.29, 0.717) is 6.54 Å². The topological polar surface area (TPSA) is 75.7 Å². The van der Waals surface area contributed by atoms with Crippen molar-refractivity contribution in [2.24, 2.45) is 4.99 Å². The minimum Gasteiger partial charge on any atom is -0.393 e. The van der Waals surface area contributed by atoms with E-state index in [9.17, 15) is 5.11 Å². The summed E-state index contributed by atoms with van der Waals surface area (Å²) < 4.78 is 0. The van der Waals surface area contributed by atoms with E-state index in [1.807, 2.05) is 0 Å². The van der Waals surface area contributed by atoms with Crippen molar-refractivity contribution in [3.63, 3.8) is 0 Å². The third kappa shape index (κ3) is 6.36. The lowest BCUT2D eigenvalue weighted by atomic mass is 10.1. The van der Waals surface area contributed by atoms with E-state index in [1.165, 1.54) is 33.2 Å². The lowest BCUT2D eigenvalue weighted by molar-refractivity contribution is 0.0792. The Balaban J connectivity index is 1.29. The van der Waals surface area contributed by atoms with Gasteiger partial charge in [0.2, 0.25) is 0 Å². The lowest BCUT2D eigenvalue weighted by Crippen LogP contribution is -2.38. The molecule has 4 rings (SSSR count). The number of rotatable bonds is 8. The molecule has 33 heavy (non-hydrogen) atoms. The number of aromatic amines is 1. The number of aryl methyl sites for hydroxylation is 1. The van der Waals surface area contributed by atoms with Crippen molar-refractivity contribution >= 4 is 16.9 Å². The molecule has 6 heteroatoms. The number of aliphatic hydroxyl groups is 1. The number of guanidine groups is 1. The Labute approximate surface area is 197 Å². The highest BCUT2D eigenvalue weighted by molar-refractivity contribution is 5.86. The highest BCUT2D eigenvalue weighted by Gasteiger charge is 2.16. The molecular formula is C27H37N5O. The summed E-state index contributed by atoms with van der Waals surface area (Å²) in [4.78, 5) is 10.6. The van der Waals surface area contributed by atoms with Crippen LogP contribution in [0.25, 0.3) is 10.9 Å². The van der Waals surface area contributed by atoms with Crippen molar-refractivity contribution < 1.29 is 5.11 Å². The number of nitrogens with one attached hydrogen (secondary N) is 3. The average Bonchev–Trinajstić information content (AvgIpc) is 3.24. The Morgan fingerprint density at radius 3 is 2.61 bits per heavy atom. The second kappa shape index (κ2) is 11.3. The van der Waals surface area contributed by atoms with Gasteiger partial charge in [0.05, 0.1) is 12.6 Å². The first-order valence-electron chi connectivity index (χ1n) is 12.2. The molecule has 0 radical (unpaired) electrons. The Morgan fingerprint density at radius 1 is 1.09 bits per heavy atom. The van der Waals surface area contributed by atoms with Crippen LogP contribution in [0.3, 0.4) is 0 Å². The number of aliphatic imine (C=N–C) groups is 1. The third-order valence-electron chi connectivity index (χ3n) is 6.43. The number of hydrogen-bond acceptors (Lipinski definition) is 3. The predicted molar refractivity (Wildman–Crippen MR) is 137 cm³/mol. The Hall–Kier alpha value is -2.83. The smallest absolute Gasteiger partial charge is 0.191 e. The average molecular weight is 448 g/mol. The van der Waals surface area contributed by atoms with Gasteiger partial charge in [-0.25, -0.2) is 4.99 Å². The number of H-pyrrole nitrogens is 1. The summed E-state index contributed by atoms with van der Waals surface area (Å²) in [6.45, 7) is 9.48. The van der Waals surface area contributed by atoms with E-state index in [2.05, 4.69) is 83.0 Å². The number of aromatic nitrogens is 1. The van der Waals surface area contributed by atoms with Crippen molar-refractivity contribution in [1.29, 1.82) is 0 Å². The summed E-state index contributed by atoms with van der Waals surface area (Å²) >= 11 is 0. The molecule has 0 spiro atoms. The van der Waals surface area contributed by atoms with Crippen LogP contribution < -0.4 is 10.6 Å². The number of aliphatic hydroxyl groups excluding tert-OH is 1. The van der Waals surface area contributed by atoms with Gasteiger partial charge in [0.15, 0.2) is 5.96 Å². The first-order valence-corrected chi connectivity index (χ1v) is 12.2. The van der Waals surface area contributed by atoms with Crippen LogP contribution in [0.15, 0.2) is 53.7 Å². The highest BCUT2D eigenvalue weighted by Crippen LogP contribution is 2.22. The van der Waals surface area contributed by atoms with E-state index in [4.69, 9.17) is 4.99 Å². The summed E-state index contributed by atoms with van der Waals surface area (Å²) in [7, 11) is 0. The summed E-state index contributed by atoms with van der Waals surface area (Å²) in [5, 5.41) is 17.8. The largest absolute Gasteiger partial charge is 0.393 e. The summed E-state index contributed by atoms with van der Waals surface area (Å²) in [6.07, 6.45) is 4.71. The van der Waals surface area contributed by atoms with Crippen LogP contribution in [-0.2, 0) is 19.5 Å². The molecule has 1 aliphatic rings. The van der Waals surface area contributed by atoms with Gasteiger partial charge in [0, 0.05) is 49.8 Å². The monoisotopic (exact) mass is 447 g/mol. The Morgan fingerprint density at radius 2 is 1.85 bits per heavy atom. The number of nitrogens with zero attached hydrogens (tertiary/aromatic N) is 2. The number of likely N-dealkylation sites (tertiary alicyclic amines) is 1. The van der Waals surface area contributed by atoms with Gasteiger partial charge in [0.1, 0.15) is 0 Å². The summed E-state index contributed by atoms with van der Waals surface area (Å²) in [5.41, 5.74) is 6.37. The van der Waals surface area contributed by atoms with Gasteiger partial charge in [-0.15, -0.1) is 0 Å². The molecule has 1 aromatic heterocycles. The van der Waals surface area contributed by atoms with Gasteiger partial charge >= 0.3 is 0 Å². The molecule has 1 aliphatic heterocycles. The van der Waals surface area contributed by atoms with Gasteiger partial charge < -0.3 is 20.7 Å². The van der Waals surface area contributed by atoms with Crippen molar-refractivity contribution in [3.05, 3.63) is 70.9 Å². The number of hydrogen-bond donors (Lipinski definition) is 4. The van der Waals surface area contributed by atoms with E-state index in [0.717, 1.165) is 57.9 Å². The molecule has 0 atom stereocenters. The molecule has 6 nitrogen and oxygen atoms in total. The van der Waals surface area contributed by atoms with Gasteiger partial charge in [-0.05, 0) is 61.4 Å². The molecule has 176 valence electrons. The number of piperidine rings is 1. The fourth-order valence-electron chi connectivity index (χ4n) is 4.56. The zero-order valence-electron chi connectivity index (χ0n) is 19.9. The van der Waals surface area contributed by atoms with Gasteiger partial charge in [-0.2, -0.15) is 0 Å².